The van der Waals surface area contributed by atoms with Crippen molar-refractivity contribution in [1.29, 1.82) is 0 Å². The number of carbonyl (C=O) groups is 1. The van der Waals surface area contributed by atoms with Crippen LogP contribution in [0.4, 0.5) is 24.8 Å². The van der Waals surface area contributed by atoms with Crippen molar-refractivity contribution in [2.24, 2.45) is 5.92 Å². The first-order chi connectivity index (χ1) is 17.4. The van der Waals surface area contributed by atoms with Crippen LogP contribution in [0.15, 0.2) is 17.2 Å². The molecule has 2 aliphatic rings. The molecule has 0 bridgehead atoms. The van der Waals surface area contributed by atoms with Crippen molar-refractivity contribution in [2.45, 2.75) is 63.8 Å². The number of amides is 1. The van der Waals surface area contributed by atoms with Crippen molar-refractivity contribution in [3.05, 3.63) is 39.6 Å². The standard InChI is InChI=1S/C23H30F3N7O4/c1-13(29-17-11-28-31-20(35)19(17)23(24,25)26)12-37-32-18(34)9-14-4-7-33(8-5-14)21-27-10-15-16(30-21)3-6-22(15,2)36/h10-11,13-14,36H,3-9,12H2,1-2H3,(H,32,34)(H2,29,31,35)/t13-,22+/m0/s1. The molecule has 0 aromatic carbocycles. The van der Waals surface area contributed by atoms with Gasteiger partial charge in [-0.2, -0.15) is 18.3 Å². The van der Waals surface area contributed by atoms with Gasteiger partial charge in [-0.15, -0.1) is 0 Å². The molecule has 11 nitrogen and oxygen atoms in total. The van der Waals surface area contributed by atoms with E-state index in [0.717, 1.165) is 30.3 Å². The number of anilines is 2. The van der Waals surface area contributed by atoms with Crippen LogP contribution in [0.25, 0.3) is 0 Å². The number of aryl methyl sites for hydroxylation is 1. The van der Waals surface area contributed by atoms with Gasteiger partial charge >= 0.3 is 6.18 Å². The van der Waals surface area contributed by atoms with Crippen LogP contribution in [-0.2, 0) is 27.8 Å². The van der Waals surface area contributed by atoms with E-state index in [1.165, 1.54) is 0 Å². The predicted octanol–water partition coefficient (Wildman–Crippen LogP) is 1.89. The van der Waals surface area contributed by atoms with Gasteiger partial charge in [-0.1, -0.05) is 0 Å². The molecule has 14 heteroatoms. The number of fused-ring (bicyclic) bond motifs is 1. The smallest absolute Gasteiger partial charge is 0.385 e. The second-order valence-corrected chi connectivity index (χ2v) is 9.81. The molecule has 0 saturated carbocycles. The summed E-state index contributed by atoms with van der Waals surface area (Å²) >= 11 is 0. The molecule has 1 fully saturated rings. The Labute approximate surface area is 210 Å². The van der Waals surface area contributed by atoms with Gasteiger partial charge in [0.1, 0.15) is 5.56 Å². The highest BCUT2D eigenvalue weighted by Gasteiger charge is 2.38. The van der Waals surface area contributed by atoms with E-state index >= 15 is 0 Å². The number of aliphatic hydroxyl groups is 1. The quantitative estimate of drug-likeness (QED) is 0.380. The van der Waals surface area contributed by atoms with E-state index in [0.29, 0.717) is 31.9 Å². The Kier molecular flexibility index (Phi) is 7.69. The molecular formula is C23H30F3N7O4. The van der Waals surface area contributed by atoms with Gasteiger partial charge in [0.2, 0.25) is 11.9 Å². The third-order valence-electron chi connectivity index (χ3n) is 6.72. The van der Waals surface area contributed by atoms with Crippen LogP contribution < -0.4 is 21.3 Å². The average Bonchev–Trinajstić information content (AvgIpc) is 3.12. The summed E-state index contributed by atoms with van der Waals surface area (Å²) in [6, 6.07) is -0.649. The van der Waals surface area contributed by atoms with Crippen molar-refractivity contribution in [2.75, 3.05) is 29.9 Å². The molecule has 1 amide bonds. The second kappa shape index (κ2) is 10.6. The SMILES string of the molecule is C[C@@H](CONC(=O)CC1CCN(c2ncc3c(n2)CC[C@@]3(C)O)CC1)Nc1cn[nH]c(=O)c1C(F)(F)F. The Morgan fingerprint density at radius 1 is 1.35 bits per heavy atom. The minimum absolute atomic E-state index is 0.128. The molecule has 0 spiro atoms. The second-order valence-electron chi connectivity index (χ2n) is 9.81. The highest BCUT2D eigenvalue weighted by molar-refractivity contribution is 5.75. The van der Waals surface area contributed by atoms with Crippen LogP contribution in [0.5, 0.6) is 0 Å². The number of aromatic nitrogens is 4. The largest absolute Gasteiger partial charge is 0.423 e. The van der Waals surface area contributed by atoms with Crippen LogP contribution in [0.3, 0.4) is 0 Å². The summed E-state index contributed by atoms with van der Waals surface area (Å²) in [5.74, 6) is 0.450. The summed E-state index contributed by atoms with van der Waals surface area (Å²) < 4.78 is 39.4. The fourth-order valence-electron chi connectivity index (χ4n) is 4.68. The highest BCUT2D eigenvalue weighted by Crippen LogP contribution is 2.36. The Hall–Kier alpha value is -3.26. The molecule has 2 atom stereocenters. The number of rotatable bonds is 8. The normalized spacial score (nSPS) is 21.0. The van der Waals surface area contributed by atoms with E-state index in [1.807, 2.05) is 0 Å². The lowest BCUT2D eigenvalue weighted by Gasteiger charge is -2.32. The molecule has 4 N–H and O–H groups in total. The maximum absolute atomic E-state index is 13.1. The van der Waals surface area contributed by atoms with Crippen LogP contribution in [0.1, 0.15) is 56.4 Å². The monoisotopic (exact) mass is 525 g/mol. The van der Waals surface area contributed by atoms with E-state index in [1.54, 1.807) is 25.1 Å². The van der Waals surface area contributed by atoms with Gasteiger partial charge in [-0.3, -0.25) is 14.4 Å². The van der Waals surface area contributed by atoms with Crippen molar-refractivity contribution in [3.8, 4) is 0 Å². The fraction of sp³-hybridized carbons (Fsp3) is 0.609. The Morgan fingerprint density at radius 2 is 2.08 bits per heavy atom. The zero-order valence-corrected chi connectivity index (χ0v) is 20.6. The topological polar surface area (TPSA) is 145 Å². The van der Waals surface area contributed by atoms with Crippen LogP contribution in [0.2, 0.25) is 0 Å². The van der Waals surface area contributed by atoms with Gasteiger partial charge in [0.25, 0.3) is 5.56 Å². The van der Waals surface area contributed by atoms with Crippen molar-refractivity contribution in [1.82, 2.24) is 25.6 Å². The van der Waals surface area contributed by atoms with Crippen LogP contribution >= 0.6 is 0 Å². The Bertz CT molecular complexity index is 1180. The number of hydrogen-bond acceptors (Lipinski definition) is 9. The van der Waals surface area contributed by atoms with Crippen LogP contribution in [0, 0.1) is 5.92 Å². The lowest BCUT2D eigenvalue weighted by molar-refractivity contribution is -0.138. The minimum atomic E-state index is -4.85. The summed E-state index contributed by atoms with van der Waals surface area (Å²) in [6.07, 6.45) is 0.852. The van der Waals surface area contributed by atoms with E-state index in [9.17, 15) is 27.9 Å². The molecule has 1 aliphatic carbocycles. The van der Waals surface area contributed by atoms with E-state index in [2.05, 4.69) is 30.8 Å². The molecule has 0 radical (unpaired) electrons. The van der Waals surface area contributed by atoms with Gasteiger partial charge in [0.15, 0.2) is 0 Å². The van der Waals surface area contributed by atoms with Gasteiger partial charge < -0.3 is 15.3 Å². The first kappa shape index (κ1) is 26.8. The lowest BCUT2D eigenvalue weighted by Crippen LogP contribution is -2.37. The maximum Gasteiger partial charge on any atom is 0.423 e. The molecule has 2 aromatic rings. The van der Waals surface area contributed by atoms with Gasteiger partial charge in [0.05, 0.1) is 29.8 Å². The fourth-order valence-corrected chi connectivity index (χ4v) is 4.68. The first-order valence-corrected chi connectivity index (χ1v) is 12.1. The number of hydrogen-bond donors (Lipinski definition) is 4. The molecule has 4 rings (SSSR count). The number of nitrogens with one attached hydrogen (secondary N) is 3. The first-order valence-electron chi connectivity index (χ1n) is 12.1. The van der Waals surface area contributed by atoms with Gasteiger partial charge in [0, 0.05) is 37.3 Å². The van der Waals surface area contributed by atoms with E-state index < -0.39 is 34.6 Å². The molecule has 1 saturated heterocycles. The Balaban J connectivity index is 1.19. The number of nitrogens with zero attached hydrogens (tertiary/aromatic N) is 4. The molecule has 37 heavy (non-hydrogen) atoms. The zero-order chi connectivity index (χ0) is 26.8. The number of halogens is 3. The van der Waals surface area contributed by atoms with Crippen LogP contribution in [-0.4, -0.2) is 56.9 Å². The molecule has 0 unspecified atom stereocenters. The summed E-state index contributed by atoms with van der Waals surface area (Å²) in [6.45, 7) is 4.58. The maximum atomic E-state index is 13.1. The third-order valence-corrected chi connectivity index (χ3v) is 6.72. The Morgan fingerprint density at radius 3 is 2.78 bits per heavy atom. The van der Waals surface area contributed by atoms with Crippen molar-refractivity contribution in [3.63, 3.8) is 0 Å². The lowest BCUT2D eigenvalue weighted by atomic mass is 9.93. The van der Waals surface area contributed by atoms with E-state index in [-0.39, 0.29) is 24.9 Å². The summed E-state index contributed by atoms with van der Waals surface area (Å²) in [4.78, 5) is 40.2. The zero-order valence-electron chi connectivity index (χ0n) is 20.6. The summed E-state index contributed by atoms with van der Waals surface area (Å²) in [7, 11) is 0. The minimum Gasteiger partial charge on any atom is -0.385 e. The number of H-pyrrole nitrogens is 1. The van der Waals surface area contributed by atoms with Gasteiger partial charge in [-0.05, 0) is 45.4 Å². The number of alkyl halides is 3. The predicted molar refractivity (Wildman–Crippen MR) is 127 cm³/mol. The molecule has 202 valence electrons. The molecular weight excluding hydrogens is 495 g/mol. The highest BCUT2D eigenvalue weighted by atomic mass is 19.4. The third kappa shape index (κ3) is 6.36. The van der Waals surface area contributed by atoms with E-state index in [4.69, 9.17) is 4.84 Å². The molecule has 2 aromatic heterocycles. The summed E-state index contributed by atoms with van der Waals surface area (Å²) in [5.41, 5.74) is -0.0778. The number of piperidine rings is 1. The average molecular weight is 526 g/mol. The number of carbonyl (C=O) groups excluding carboxylic acids is 1. The number of aromatic amines is 1. The number of hydroxylamine groups is 1. The van der Waals surface area contributed by atoms with Crippen molar-refractivity contribution < 1.29 is 27.9 Å². The summed E-state index contributed by atoms with van der Waals surface area (Å²) in [5, 5.41) is 18.1. The molecule has 3 heterocycles. The molecule has 1 aliphatic heterocycles. The van der Waals surface area contributed by atoms with Crippen molar-refractivity contribution >= 4 is 17.5 Å². The van der Waals surface area contributed by atoms with Gasteiger partial charge in [-0.25, -0.2) is 20.5 Å².